The molecule has 0 atom stereocenters. The van der Waals surface area contributed by atoms with Gasteiger partial charge in [0.1, 0.15) is 5.82 Å². The van der Waals surface area contributed by atoms with Gasteiger partial charge in [-0.1, -0.05) is 20.8 Å². The molecule has 2 saturated heterocycles. The third-order valence-corrected chi connectivity index (χ3v) is 6.04. The van der Waals surface area contributed by atoms with E-state index in [4.69, 9.17) is 0 Å². The fraction of sp³-hybridized carbons (Fsp3) is 0.682. The number of amides is 2. The molecule has 3 rings (SSSR count). The maximum Gasteiger partial charge on any atom is 0.417 e. The number of carbonyl (C=O) groups is 2. The van der Waals surface area contributed by atoms with Gasteiger partial charge in [-0.2, -0.15) is 13.2 Å². The van der Waals surface area contributed by atoms with Crippen molar-refractivity contribution in [3.05, 3.63) is 23.9 Å². The number of nitrogens with zero attached hydrogens (tertiary/aromatic N) is 3. The smallest absolute Gasteiger partial charge is 0.356 e. The minimum absolute atomic E-state index is 0.0361. The maximum atomic E-state index is 12.7. The fourth-order valence-electron chi connectivity index (χ4n) is 4.13. The van der Waals surface area contributed by atoms with Gasteiger partial charge in [0.05, 0.1) is 5.56 Å². The predicted molar refractivity (Wildman–Crippen MR) is 111 cm³/mol. The lowest BCUT2D eigenvalue weighted by Crippen LogP contribution is -2.50. The molecule has 0 aliphatic carbocycles. The third kappa shape index (κ3) is 5.89. The molecule has 2 amide bonds. The fourth-order valence-corrected chi connectivity index (χ4v) is 4.13. The summed E-state index contributed by atoms with van der Waals surface area (Å²) in [5.74, 6) is 0.594. The van der Waals surface area contributed by atoms with E-state index in [1.165, 1.54) is 6.07 Å². The van der Waals surface area contributed by atoms with Crippen molar-refractivity contribution in [2.45, 2.75) is 58.7 Å². The maximum absolute atomic E-state index is 12.7. The van der Waals surface area contributed by atoms with Gasteiger partial charge in [0.25, 0.3) is 0 Å². The molecule has 1 aromatic rings. The van der Waals surface area contributed by atoms with Crippen molar-refractivity contribution in [3.8, 4) is 0 Å². The summed E-state index contributed by atoms with van der Waals surface area (Å²) in [6.45, 7) is 8.17. The molecule has 0 unspecified atom stereocenters. The average molecular weight is 441 g/mol. The Kier molecular flexibility index (Phi) is 6.81. The molecule has 2 fully saturated rings. The van der Waals surface area contributed by atoms with Crippen LogP contribution in [0.15, 0.2) is 18.3 Å². The van der Waals surface area contributed by atoms with Crippen molar-refractivity contribution < 1.29 is 22.8 Å². The molecule has 172 valence electrons. The minimum atomic E-state index is -4.39. The summed E-state index contributed by atoms with van der Waals surface area (Å²) in [4.78, 5) is 32.8. The molecule has 1 N–H and O–H groups in total. The van der Waals surface area contributed by atoms with Crippen molar-refractivity contribution in [2.75, 3.05) is 31.1 Å². The zero-order valence-electron chi connectivity index (χ0n) is 18.3. The molecule has 0 radical (unpaired) electrons. The lowest BCUT2D eigenvalue weighted by molar-refractivity contribution is -0.142. The summed E-state index contributed by atoms with van der Waals surface area (Å²) >= 11 is 0. The van der Waals surface area contributed by atoms with Crippen LogP contribution < -0.4 is 10.2 Å². The van der Waals surface area contributed by atoms with E-state index in [9.17, 15) is 22.8 Å². The Morgan fingerprint density at radius 1 is 1.00 bits per heavy atom. The molecule has 0 aromatic carbocycles. The van der Waals surface area contributed by atoms with Crippen LogP contribution in [0.4, 0.5) is 19.0 Å². The van der Waals surface area contributed by atoms with Crippen LogP contribution in [0.5, 0.6) is 0 Å². The lowest BCUT2D eigenvalue weighted by atomic mass is 9.90. The van der Waals surface area contributed by atoms with Crippen molar-refractivity contribution >= 4 is 17.6 Å². The first kappa shape index (κ1) is 23.3. The summed E-state index contributed by atoms with van der Waals surface area (Å²) in [6, 6.07) is 2.49. The Hall–Kier alpha value is -2.32. The summed E-state index contributed by atoms with van der Waals surface area (Å²) in [7, 11) is 0. The van der Waals surface area contributed by atoms with E-state index in [2.05, 4.69) is 10.3 Å². The summed E-state index contributed by atoms with van der Waals surface area (Å²) in [5, 5.41) is 3.13. The number of hydrogen-bond donors (Lipinski definition) is 1. The Morgan fingerprint density at radius 2 is 1.61 bits per heavy atom. The first-order chi connectivity index (χ1) is 14.4. The second-order valence-electron chi connectivity index (χ2n) is 9.49. The van der Waals surface area contributed by atoms with E-state index < -0.39 is 17.2 Å². The van der Waals surface area contributed by atoms with Gasteiger partial charge in [0.2, 0.25) is 11.8 Å². The van der Waals surface area contributed by atoms with Crippen molar-refractivity contribution in [3.63, 3.8) is 0 Å². The van der Waals surface area contributed by atoms with Gasteiger partial charge in [-0.05, 0) is 37.8 Å². The Morgan fingerprint density at radius 3 is 2.10 bits per heavy atom. The van der Waals surface area contributed by atoms with Gasteiger partial charge in [-0.15, -0.1) is 0 Å². The second kappa shape index (κ2) is 9.04. The van der Waals surface area contributed by atoms with Crippen molar-refractivity contribution in [1.82, 2.24) is 15.2 Å². The van der Waals surface area contributed by atoms with Crippen LogP contribution >= 0.6 is 0 Å². The molecule has 31 heavy (non-hydrogen) atoms. The van der Waals surface area contributed by atoms with Crippen LogP contribution in [0.25, 0.3) is 0 Å². The highest BCUT2D eigenvalue weighted by atomic mass is 19.4. The monoisotopic (exact) mass is 440 g/mol. The highest BCUT2D eigenvalue weighted by Crippen LogP contribution is 2.30. The molecule has 3 heterocycles. The first-order valence-electron chi connectivity index (χ1n) is 10.8. The van der Waals surface area contributed by atoms with Crippen LogP contribution in [0.3, 0.4) is 0 Å². The van der Waals surface area contributed by atoms with Gasteiger partial charge in [-0.3, -0.25) is 9.59 Å². The highest BCUT2D eigenvalue weighted by molar-refractivity contribution is 5.82. The van der Waals surface area contributed by atoms with Gasteiger partial charge in [-0.25, -0.2) is 4.98 Å². The average Bonchev–Trinajstić information content (AvgIpc) is 2.72. The van der Waals surface area contributed by atoms with Crippen LogP contribution in [0, 0.1) is 11.3 Å². The Labute approximate surface area is 181 Å². The van der Waals surface area contributed by atoms with Crippen LogP contribution in [-0.4, -0.2) is 53.9 Å². The van der Waals surface area contributed by atoms with Crippen molar-refractivity contribution in [2.24, 2.45) is 11.3 Å². The van der Waals surface area contributed by atoms with E-state index in [0.717, 1.165) is 25.1 Å². The van der Waals surface area contributed by atoms with E-state index in [1.54, 1.807) is 0 Å². The van der Waals surface area contributed by atoms with Gasteiger partial charge >= 0.3 is 6.18 Å². The lowest BCUT2D eigenvalue weighted by Gasteiger charge is -2.37. The summed E-state index contributed by atoms with van der Waals surface area (Å²) < 4.78 is 38.1. The second-order valence-corrected chi connectivity index (χ2v) is 9.49. The molecule has 0 saturated carbocycles. The SMILES string of the molecule is CC(C)(C)C(=O)N1CCC(C(=O)NC2CCN(c3ccc(C(F)(F)F)cn3)CC2)CC1. The standard InChI is InChI=1S/C22H31F3N4O2/c1-21(2,3)20(31)29-10-6-15(7-11-29)19(30)27-17-8-12-28(13-9-17)18-5-4-16(14-26-18)22(23,24)25/h4-5,14-15,17H,6-13H2,1-3H3,(H,27,30). The molecule has 9 heteroatoms. The molecular weight excluding hydrogens is 409 g/mol. The molecule has 1 aromatic heterocycles. The molecule has 6 nitrogen and oxygen atoms in total. The van der Waals surface area contributed by atoms with E-state index >= 15 is 0 Å². The predicted octanol–water partition coefficient (Wildman–Crippen LogP) is 3.47. The molecule has 2 aliphatic rings. The largest absolute Gasteiger partial charge is 0.417 e. The zero-order valence-corrected chi connectivity index (χ0v) is 18.3. The number of rotatable bonds is 3. The Balaban J connectivity index is 1.44. The number of anilines is 1. The quantitative estimate of drug-likeness (QED) is 0.782. The number of halogens is 3. The number of likely N-dealkylation sites (tertiary alicyclic amines) is 1. The number of alkyl halides is 3. The molecule has 2 aliphatic heterocycles. The van der Waals surface area contributed by atoms with E-state index in [-0.39, 0.29) is 23.8 Å². The van der Waals surface area contributed by atoms with E-state index in [0.29, 0.717) is 44.8 Å². The normalized spacial score (nSPS) is 19.4. The first-order valence-corrected chi connectivity index (χ1v) is 10.8. The van der Waals surface area contributed by atoms with Crippen LogP contribution in [-0.2, 0) is 15.8 Å². The van der Waals surface area contributed by atoms with Gasteiger partial charge in [0, 0.05) is 49.8 Å². The van der Waals surface area contributed by atoms with Gasteiger partial charge < -0.3 is 15.1 Å². The number of hydrogen-bond acceptors (Lipinski definition) is 4. The number of piperidine rings is 2. The summed E-state index contributed by atoms with van der Waals surface area (Å²) in [5.41, 5.74) is -1.17. The number of pyridine rings is 1. The van der Waals surface area contributed by atoms with Gasteiger partial charge in [0.15, 0.2) is 0 Å². The van der Waals surface area contributed by atoms with Crippen LogP contribution in [0.1, 0.15) is 52.0 Å². The van der Waals surface area contributed by atoms with Crippen molar-refractivity contribution in [1.29, 1.82) is 0 Å². The zero-order chi connectivity index (χ0) is 22.8. The van der Waals surface area contributed by atoms with E-state index in [1.807, 2.05) is 30.6 Å². The van der Waals surface area contributed by atoms with Crippen LogP contribution in [0.2, 0.25) is 0 Å². The molecule has 0 spiro atoms. The summed E-state index contributed by atoms with van der Waals surface area (Å²) in [6.07, 6.45) is -0.755. The highest BCUT2D eigenvalue weighted by Gasteiger charge is 2.34. The Bertz CT molecular complexity index is 773. The molecule has 0 bridgehead atoms. The third-order valence-electron chi connectivity index (χ3n) is 6.04. The minimum Gasteiger partial charge on any atom is -0.356 e. The molecular formula is C22H31F3N4O2. The topological polar surface area (TPSA) is 65.5 Å². The number of carbonyl (C=O) groups excluding carboxylic acids is 2. The number of aromatic nitrogens is 1. The number of nitrogens with one attached hydrogen (secondary N) is 1.